The number of nitrogens with zero attached hydrogens (tertiary/aromatic N) is 2. The van der Waals surface area contributed by atoms with Gasteiger partial charge in [0.25, 0.3) is 0 Å². The van der Waals surface area contributed by atoms with E-state index in [-0.39, 0.29) is 18.0 Å². The van der Waals surface area contributed by atoms with Gasteiger partial charge in [-0.25, -0.2) is 4.39 Å². The van der Waals surface area contributed by atoms with Crippen LogP contribution in [0.15, 0.2) is 18.2 Å². The molecule has 1 N–H and O–H groups in total. The van der Waals surface area contributed by atoms with Crippen LogP contribution in [-0.2, 0) is 11.3 Å². The molecule has 1 aromatic carbocycles. The molecule has 0 radical (unpaired) electrons. The lowest BCUT2D eigenvalue weighted by Gasteiger charge is -2.16. The number of benzene rings is 1. The van der Waals surface area contributed by atoms with Crippen molar-refractivity contribution in [2.24, 2.45) is 0 Å². The van der Waals surface area contributed by atoms with Crippen molar-refractivity contribution in [3.8, 4) is 6.07 Å². The van der Waals surface area contributed by atoms with E-state index in [0.717, 1.165) is 0 Å². The number of hydrogen-bond acceptors (Lipinski definition) is 3. The van der Waals surface area contributed by atoms with Gasteiger partial charge in [-0.05, 0) is 37.7 Å². The van der Waals surface area contributed by atoms with Gasteiger partial charge < -0.3 is 5.32 Å². The largest absolute Gasteiger partial charge is 0.355 e. The normalized spacial score (nSPS) is 10.2. The predicted octanol–water partition coefficient (Wildman–Crippen LogP) is 1.27. The van der Waals surface area contributed by atoms with E-state index < -0.39 is 5.82 Å². The number of nitrogens with one attached hydrogen (secondary N) is 1. The fraction of sp³-hybridized carbons (Fsp3) is 0.385. The number of hydrogen-bond donors (Lipinski definition) is 1. The third kappa shape index (κ3) is 4.52. The number of rotatable bonds is 5. The second kappa shape index (κ2) is 6.72. The molecular formula is C13H16FN3O. The van der Waals surface area contributed by atoms with Gasteiger partial charge in [0.05, 0.1) is 18.2 Å². The maximum Gasteiger partial charge on any atom is 0.234 e. The molecule has 0 aliphatic heterocycles. The fourth-order valence-corrected chi connectivity index (χ4v) is 1.67. The van der Waals surface area contributed by atoms with Gasteiger partial charge in [-0.15, -0.1) is 0 Å². The van der Waals surface area contributed by atoms with E-state index >= 15 is 0 Å². The maximum atomic E-state index is 13.2. The first-order valence-electron chi connectivity index (χ1n) is 5.70. The lowest BCUT2D eigenvalue weighted by molar-refractivity contribution is -0.121. The highest BCUT2D eigenvalue weighted by Gasteiger charge is 2.07. The smallest absolute Gasteiger partial charge is 0.234 e. The first-order chi connectivity index (χ1) is 8.55. The van der Waals surface area contributed by atoms with Crippen LogP contribution in [0.25, 0.3) is 0 Å². The van der Waals surface area contributed by atoms with Gasteiger partial charge in [-0.1, -0.05) is 0 Å². The Kier molecular flexibility index (Phi) is 5.28. The Morgan fingerprint density at radius 1 is 1.50 bits per heavy atom. The molecule has 0 unspecified atom stereocenters. The average molecular weight is 249 g/mol. The molecule has 1 amide bonds. The Morgan fingerprint density at radius 3 is 2.83 bits per heavy atom. The van der Waals surface area contributed by atoms with Crippen molar-refractivity contribution < 1.29 is 9.18 Å². The summed E-state index contributed by atoms with van der Waals surface area (Å²) in [5.41, 5.74) is 0.967. The molecular weight excluding hydrogens is 233 g/mol. The molecule has 18 heavy (non-hydrogen) atoms. The molecule has 0 aromatic heterocycles. The monoisotopic (exact) mass is 249 g/mol. The number of amides is 1. The topological polar surface area (TPSA) is 56.1 Å². The Bertz CT molecular complexity index is 468. The highest BCUT2D eigenvalue weighted by molar-refractivity contribution is 5.77. The fourth-order valence-electron chi connectivity index (χ4n) is 1.67. The molecule has 0 atom stereocenters. The van der Waals surface area contributed by atoms with E-state index in [4.69, 9.17) is 5.26 Å². The summed E-state index contributed by atoms with van der Waals surface area (Å²) in [7, 11) is 1.77. The van der Waals surface area contributed by atoms with Crippen LogP contribution in [0, 0.1) is 17.1 Å². The van der Waals surface area contributed by atoms with Crippen molar-refractivity contribution in [3.63, 3.8) is 0 Å². The first kappa shape index (κ1) is 14.1. The van der Waals surface area contributed by atoms with Crippen molar-refractivity contribution in [2.45, 2.75) is 13.5 Å². The van der Waals surface area contributed by atoms with Gasteiger partial charge in [0.1, 0.15) is 5.82 Å². The Hall–Kier alpha value is -1.93. The van der Waals surface area contributed by atoms with Gasteiger partial charge in [-0.2, -0.15) is 5.26 Å². The van der Waals surface area contributed by atoms with Crippen molar-refractivity contribution in [1.29, 1.82) is 5.26 Å². The second-order valence-corrected chi connectivity index (χ2v) is 4.09. The first-order valence-corrected chi connectivity index (χ1v) is 5.70. The summed E-state index contributed by atoms with van der Waals surface area (Å²) in [6.07, 6.45) is 0. The predicted molar refractivity (Wildman–Crippen MR) is 66.1 cm³/mol. The molecule has 0 spiro atoms. The van der Waals surface area contributed by atoms with Crippen LogP contribution in [0.2, 0.25) is 0 Å². The van der Waals surface area contributed by atoms with Crippen molar-refractivity contribution in [1.82, 2.24) is 10.2 Å². The van der Waals surface area contributed by atoms with Crippen LogP contribution < -0.4 is 5.32 Å². The van der Waals surface area contributed by atoms with Crippen LogP contribution in [0.4, 0.5) is 4.39 Å². The maximum absolute atomic E-state index is 13.2. The summed E-state index contributed by atoms with van der Waals surface area (Å²) in [5, 5.41) is 11.4. The molecule has 1 aromatic rings. The summed E-state index contributed by atoms with van der Waals surface area (Å²) >= 11 is 0. The number of carbonyl (C=O) groups excluding carboxylic acids is 1. The minimum absolute atomic E-state index is 0.0723. The minimum Gasteiger partial charge on any atom is -0.355 e. The summed E-state index contributed by atoms with van der Waals surface area (Å²) in [5.74, 6) is -0.507. The summed E-state index contributed by atoms with van der Waals surface area (Å²) < 4.78 is 13.2. The molecule has 0 heterocycles. The van der Waals surface area contributed by atoms with E-state index in [1.807, 2.05) is 13.0 Å². The number of halogens is 1. The quantitative estimate of drug-likeness (QED) is 0.854. The number of likely N-dealkylation sites (N-methyl/N-ethyl adjacent to an activating group) is 2. The summed E-state index contributed by atoms with van der Waals surface area (Å²) in [4.78, 5) is 13.1. The lowest BCUT2D eigenvalue weighted by atomic mass is 10.1. The zero-order valence-corrected chi connectivity index (χ0v) is 10.5. The van der Waals surface area contributed by atoms with Crippen molar-refractivity contribution in [3.05, 3.63) is 35.1 Å². The van der Waals surface area contributed by atoms with Gasteiger partial charge in [0, 0.05) is 13.1 Å². The zero-order valence-electron chi connectivity index (χ0n) is 10.5. The van der Waals surface area contributed by atoms with Gasteiger partial charge >= 0.3 is 0 Å². The molecule has 0 fully saturated rings. The Labute approximate surface area is 106 Å². The highest BCUT2D eigenvalue weighted by Crippen LogP contribution is 2.10. The molecule has 0 aliphatic carbocycles. The SMILES string of the molecule is CCNC(=O)CN(C)Cc1cc(F)cc(C#N)c1. The lowest BCUT2D eigenvalue weighted by Crippen LogP contribution is -2.34. The molecule has 4 nitrogen and oxygen atoms in total. The van der Waals surface area contributed by atoms with Crippen LogP contribution in [0.5, 0.6) is 0 Å². The molecule has 0 saturated heterocycles. The second-order valence-electron chi connectivity index (χ2n) is 4.09. The van der Waals surface area contributed by atoms with Crippen LogP contribution in [0.3, 0.4) is 0 Å². The number of carbonyl (C=O) groups is 1. The number of nitriles is 1. The van der Waals surface area contributed by atoms with Crippen LogP contribution in [-0.4, -0.2) is 30.9 Å². The van der Waals surface area contributed by atoms with Crippen molar-refractivity contribution >= 4 is 5.91 Å². The molecule has 5 heteroatoms. The van der Waals surface area contributed by atoms with E-state index in [0.29, 0.717) is 18.7 Å². The van der Waals surface area contributed by atoms with Crippen LogP contribution in [0.1, 0.15) is 18.1 Å². The van der Waals surface area contributed by atoms with E-state index in [1.165, 1.54) is 12.1 Å². The van der Waals surface area contributed by atoms with E-state index in [1.54, 1.807) is 18.0 Å². The van der Waals surface area contributed by atoms with E-state index in [9.17, 15) is 9.18 Å². The molecule has 0 bridgehead atoms. The average Bonchev–Trinajstić information content (AvgIpc) is 2.27. The van der Waals surface area contributed by atoms with Crippen LogP contribution >= 0.6 is 0 Å². The molecule has 0 saturated carbocycles. The summed E-state index contributed by atoms with van der Waals surface area (Å²) in [6.45, 7) is 3.10. The Morgan fingerprint density at radius 2 is 2.22 bits per heavy atom. The van der Waals surface area contributed by atoms with Crippen molar-refractivity contribution in [2.75, 3.05) is 20.1 Å². The van der Waals surface area contributed by atoms with Gasteiger partial charge in [-0.3, -0.25) is 9.69 Å². The van der Waals surface area contributed by atoms with Gasteiger partial charge in [0.2, 0.25) is 5.91 Å². The third-order valence-corrected chi connectivity index (χ3v) is 2.33. The highest BCUT2D eigenvalue weighted by atomic mass is 19.1. The summed E-state index contributed by atoms with van der Waals surface area (Å²) in [6, 6.07) is 6.08. The molecule has 1 rings (SSSR count). The Balaban J connectivity index is 2.64. The standard InChI is InChI=1S/C13H16FN3O/c1-3-16-13(18)9-17(2)8-11-4-10(7-15)5-12(14)6-11/h4-6H,3,8-9H2,1-2H3,(H,16,18). The molecule has 0 aliphatic rings. The third-order valence-electron chi connectivity index (χ3n) is 2.33. The minimum atomic E-state index is -0.435. The van der Waals surface area contributed by atoms with E-state index in [2.05, 4.69) is 5.32 Å². The molecule has 96 valence electrons. The van der Waals surface area contributed by atoms with Gasteiger partial charge in [0.15, 0.2) is 0 Å². The zero-order chi connectivity index (χ0) is 13.5.